The fraction of sp³-hybridized carbons (Fsp3) is 0.500. The van der Waals surface area contributed by atoms with Gasteiger partial charge in [0.1, 0.15) is 16.5 Å². The van der Waals surface area contributed by atoms with Gasteiger partial charge in [0.25, 0.3) is 0 Å². The van der Waals surface area contributed by atoms with Gasteiger partial charge in [-0.15, -0.1) is 11.3 Å². The molecule has 2 aromatic heterocycles. The quantitative estimate of drug-likeness (QED) is 0.457. The normalized spacial score (nSPS) is 19.2. The summed E-state index contributed by atoms with van der Waals surface area (Å²) in [6, 6.07) is 7.15. The molecule has 0 spiro atoms. The summed E-state index contributed by atoms with van der Waals surface area (Å²) < 4.78 is 0. The first kappa shape index (κ1) is 23.4. The number of nitrogens with one attached hydrogen (secondary N) is 1. The molecule has 1 aliphatic heterocycles. The predicted molar refractivity (Wildman–Crippen MR) is 142 cm³/mol. The number of anilines is 2. The molecule has 1 saturated heterocycles. The van der Waals surface area contributed by atoms with Crippen LogP contribution in [0.2, 0.25) is 5.02 Å². The van der Waals surface area contributed by atoms with Crippen LogP contribution >= 0.6 is 22.9 Å². The van der Waals surface area contributed by atoms with Gasteiger partial charge < -0.3 is 15.1 Å². The summed E-state index contributed by atoms with van der Waals surface area (Å²) in [5.41, 5.74) is 2.22. The van der Waals surface area contributed by atoms with Crippen LogP contribution in [0.5, 0.6) is 0 Å². The van der Waals surface area contributed by atoms with Gasteiger partial charge in [0, 0.05) is 47.7 Å². The van der Waals surface area contributed by atoms with Crippen molar-refractivity contribution in [3.05, 3.63) is 45.6 Å². The van der Waals surface area contributed by atoms with E-state index in [0.717, 1.165) is 60.4 Å². The third-order valence-electron chi connectivity index (χ3n) is 7.17. The van der Waals surface area contributed by atoms with Crippen LogP contribution in [0, 0.1) is 5.92 Å². The van der Waals surface area contributed by atoms with Gasteiger partial charge in [-0.3, -0.25) is 0 Å². The van der Waals surface area contributed by atoms with E-state index in [1.807, 2.05) is 28.4 Å². The third-order valence-corrected chi connectivity index (χ3v) is 8.57. The van der Waals surface area contributed by atoms with Crippen LogP contribution in [0.3, 0.4) is 0 Å². The zero-order chi connectivity index (χ0) is 23.8. The van der Waals surface area contributed by atoms with Crippen molar-refractivity contribution in [1.29, 1.82) is 0 Å². The van der Waals surface area contributed by atoms with Gasteiger partial charge in [-0.1, -0.05) is 32.4 Å². The van der Waals surface area contributed by atoms with Gasteiger partial charge in [-0.05, 0) is 61.4 Å². The molecular formula is C26H32ClN5OS. The molecule has 3 aromatic rings. The lowest BCUT2D eigenvalue weighted by atomic mass is 9.89. The van der Waals surface area contributed by atoms with E-state index in [-0.39, 0.29) is 6.03 Å². The van der Waals surface area contributed by atoms with Gasteiger partial charge >= 0.3 is 6.03 Å². The monoisotopic (exact) mass is 497 g/mol. The summed E-state index contributed by atoms with van der Waals surface area (Å²) in [6.07, 6.45) is 4.50. The summed E-state index contributed by atoms with van der Waals surface area (Å²) in [7, 11) is 0. The second kappa shape index (κ2) is 9.70. The van der Waals surface area contributed by atoms with Crippen molar-refractivity contribution < 1.29 is 4.79 Å². The van der Waals surface area contributed by atoms with E-state index in [2.05, 4.69) is 31.0 Å². The number of carbonyl (C=O) groups excluding carboxylic acids is 1. The van der Waals surface area contributed by atoms with E-state index < -0.39 is 0 Å². The highest BCUT2D eigenvalue weighted by Gasteiger charge is 2.29. The highest BCUT2D eigenvalue weighted by Crippen LogP contribution is 2.42. The van der Waals surface area contributed by atoms with E-state index in [1.165, 1.54) is 22.2 Å². The van der Waals surface area contributed by atoms with E-state index >= 15 is 0 Å². The number of carbonyl (C=O) groups is 1. The maximum atomic E-state index is 12.8. The Morgan fingerprint density at radius 1 is 1.21 bits per heavy atom. The molecule has 0 bridgehead atoms. The maximum absolute atomic E-state index is 12.8. The average Bonchev–Trinajstić information content (AvgIpc) is 3.21. The fourth-order valence-electron chi connectivity index (χ4n) is 4.83. The number of piperazine rings is 1. The Hall–Kier alpha value is -2.38. The Labute approximate surface area is 210 Å². The summed E-state index contributed by atoms with van der Waals surface area (Å²) in [5.74, 6) is 3.08. The van der Waals surface area contributed by atoms with E-state index in [1.54, 1.807) is 12.1 Å². The number of benzene rings is 1. The van der Waals surface area contributed by atoms with Crippen LogP contribution in [-0.2, 0) is 12.8 Å². The Bertz CT molecular complexity index is 1190. The molecule has 0 radical (unpaired) electrons. The van der Waals surface area contributed by atoms with Gasteiger partial charge in [-0.25, -0.2) is 14.8 Å². The highest BCUT2D eigenvalue weighted by molar-refractivity contribution is 7.19. The Kier molecular flexibility index (Phi) is 6.67. The van der Waals surface area contributed by atoms with Gasteiger partial charge in [0.05, 0.1) is 5.39 Å². The van der Waals surface area contributed by atoms with Crippen molar-refractivity contribution in [2.45, 2.75) is 52.4 Å². The number of fused-ring (bicyclic) bond motifs is 3. The number of hydrogen-bond acceptors (Lipinski definition) is 5. The number of halogens is 1. The van der Waals surface area contributed by atoms with Crippen LogP contribution in [0.4, 0.5) is 16.3 Å². The Morgan fingerprint density at radius 2 is 1.94 bits per heavy atom. The van der Waals surface area contributed by atoms with Crippen molar-refractivity contribution in [3.8, 4) is 0 Å². The lowest BCUT2D eigenvalue weighted by Gasteiger charge is -2.36. The van der Waals surface area contributed by atoms with Crippen molar-refractivity contribution in [3.63, 3.8) is 0 Å². The zero-order valence-electron chi connectivity index (χ0n) is 20.1. The molecule has 8 heteroatoms. The first-order chi connectivity index (χ1) is 16.4. The molecule has 0 saturated carbocycles. The minimum Gasteiger partial charge on any atom is -0.352 e. The summed E-state index contributed by atoms with van der Waals surface area (Å²) in [6.45, 7) is 9.59. The molecule has 2 amide bonds. The standard InChI is InChI=1S/C26H32ClN5OS/c1-4-17(3)23-29-24(22-20-10-5-16(2)15-21(20)34-25(22)30-23)31-11-13-32(14-12-31)26(33)28-19-8-6-18(27)7-9-19/h6-9,16-17H,4-5,10-15H2,1-3H3,(H,28,33). The van der Waals surface area contributed by atoms with Crippen molar-refractivity contribution >= 4 is 50.7 Å². The van der Waals surface area contributed by atoms with Crippen molar-refractivity contribution in [1.82, 2.24) is 14.9 Å². The number of amides is 2. The number of aromatic nitrogens is 2. The number of hydrogen-bond donors (Lipinski definition) is 1. The summed E-state index contributed by atoms with van der Waals surface area (Å²) in [5, 5.41) is 4.90. The minimum atomic E-state index is -0.0722. The predicted octanol–water partition coefficient (Wildman–Crippen LogP) is 6.34. The maximum Gasteiger partial charge on any atom is 0.321 e. The van der Waals surface area contributed by atoms with E-state index in [9.17, 15) is 4.79 Å². The highest BCUT2D eigenvalue weighted by atomic mass is 35.5. The Balaban J connectivity index is 1.38. The molecule has 1 aromatic carbocycles. The molecule has 2 unspecified atom stereocenters. The van der Waals surface area contributed by atoms with Crippen LogP contribution < -0.4 is 10.2 Å². The van der Waals surface area contributed by atoms with Crippen LogP contribution in [0.1, 0.15) is 55.8 Å². The van der Waals surface area contributed by atoms with Crippen molar-refractivity contribution in [2.75, 3.05) is 36.4 Å². The minimum absolute atomic E-state index is 0.0722. The fourth-order valence-corrected chi connectivity index (χ4v) is 6.34. The van der Waals surface area contributed by atoms with Gasteiger partial charge in [-0.2, -0.15) is 0 Å². The van der Waals surface area contributed by atoms with Crippen molar-refractivity contribution in [2.24, 2.45) is 5.92 Å². The molecule has 6 nitrogen and oxygen atoms in total. The lowest BCUT2D eigenvalue weighted by Crippen LogP contribution is -2.50. The summed E-state index contributed by atoms with van der Waals surface area (Å²) >= 11 is 7.83. The zero-order valence-corrected chi connectivity index (χ0v) is 21.7. The van der Waals surface area contributed by atoms with Crippen LogP contribution in [0.25, 0.3) is 10.2 Å². The molecule has 180 valence electrons. The topological polar surface area (TPSA) is 61.4 Å². The number of aryl methyl sites for hydroxylation is 1. The van der Waals surface area contributed by atoms with E-state index in [4.69, 9.17) is 21.6 Å². The number of nitrogens with zero attached hydrogens (tertiary/aromatic N) is 4. The van der Waals surface area contributed by atoms with Gasteiger partial charge in [0.15, 0.2) is 0 Å². The smallest absolute Gasteiger partial charge is 0.321 e. The second-order valence-corrected chi connectivity index (χ2v) is 11.2. The number of rotatable bonds is 4. The first-order valence-corrected chi connectivity index (χ1v) is 13.5. The second-order valence-electron chi connectivity index (χ2n) is 9.66. The first-order valence-electron chi connectivity index (χ1n) is 12.3. The van der Waals surface area contributed by atoms with Gasteiger partial charge in [0.2, 0.25) is 0 Å². The number of urea groups is 1. The molecule has 5 rings (SSSR count). The van der Waals surface area contributed by atoms with Crippen LogP contribution in [0.15, 0.2) is 24.3 Å². The Morgan fingerprint density at radius 3 is 2.65 bits per heavy atom. The summed E-state index contributed by atoms with van der Waals surface area (Å²) in [4.78, 5) is 29.8. The molecule has 2 aliphatic rings. The molecule has 2 atom stereocenters. The molecule has 34 heavy (non-hydrogen) atoms. The third kappa shape index (κ3) is 4.60. The molecule has 1 fully saturated rings. The SMILES string of the molecule is CCC(C)c1nc(N2CCN(C(=O)Nc3ccc(Cl)cc3)CC2)c2c3c(sc2n1)CC(C)CC3. The largest absolute Gasteiger partial charge is 0.352 e. The molecule has 1 aliphatic carbocycles. The molecule has 3 heterocycles. The molecule has 1 N–H and O–H groups in total. The van der Waals surface area contributed by atoms with Crippen LogP contribution in [-0.4, -0.2) is 47.1 Å². The lowest BCUT2D eigenvalue weighted by molar-refractivity contribution is 0.208. The number of thiophene rings is 1. The molecular weight excluding hydrogens is 466 g/mol. The van der Waals surface area contributed by atoms with E-state index in [0.29, 0.717) is 24.0 Å². The average molecular weight is 498 g/mol.